The minimum Gasteiger partial charge on any atom is -0.322 e. The largest absolute Gasteiger partial charge is 0.322 e. The van der Waals surface area contributed by atoms with Gasteiger partial charge < -0.3 is 5.32 Å². The van der Waals surface area contributed by atoms with Gasteiger partial charge in [-0.2, -0.15) is 0 Å². The number of rotatable bonds is 2. The third-order valence-electron chi connectivity index (χ3n) is 3.02. The molecule has 0 saturated carbocycles. The molecule has 0 unspecified atom stereocenters. The average molecular weight is 283 g/mol. The Morgan fingerprint density at radius 1 is 0.950 bits per heavy atom. The van der Waals surface area contributed by atoms with Gasteiger partial charge in [0.15, 0.2) is 0 Å². The molecule has 1 aromatic heterocycles. The normalized spacial score (nSPS) is 10.4. The summed E-state index contributed by atoms with van der Waals surface area (Å²) < 4.78 is 0. The first-order valence-electron chi connectivity index (χ1n) is 6.15. The van der Waals surface area contributed by atoms with Crippen molar-refractivity contribution in [3.8, 4) is 0 Å². The molecule has 0 spiro atoms. The number of hydrogen-bond acceptors (Lipinski definition) is 2. The Morgan fingerprint density at radius 2 is 1.60 bits per heavy atom. The summed E-state index contributed by atoms with van der Waals surface area (Å²) in [7, 11) is 0. The van der Waals surface area contributed by atoms with Crippen LogP contribution in [0.25, 0.3) is 10.8 Å². The molecule has 98 valence electrons. The highest BCUT2D eigenvalue weighted by Gasteiger charge is 2.12. The number of anilines is 1. The molecule has 2 aromatic carbocycles. The smallest absolute Gasteiger partial charge is 0.257 e. The zero-order valence-electron chi connectivity index (χ0n) is 10.5. The van der Waals surface area contributed by atoms with Gasteiger partial charge in [0.2, 0.25) is 0 Å². The van der Waals surface area contributed by atoms with E-state index in [0.29, 0.717) is 10.7 Å². The number of nitrogens with one attached hydrogen (secondary N) is 1. The van der Waals surface area contributed by atoms with Gasteiger partial charge in [-0.1, -0.05) is 54.1 Å². The number of aromatic nitrogens is 1. The Hall–Kier alpha value is -2.39. The highest BCUT2D eigenvalue weighted by molar-refractivity contribution is 6.35. The van der Waals surface area contributed by atoms with E-state index in [9.17, 15) is 4.79 Å². The predicted octanol–water partition coefficient (Wildman–Crippen LogP) is 4.14. The van der Waals surface area contributed by atoms with Crippen molar-refractivity contribution in [3.63, 3.8) is 0 Å². The van der Waals surface area contributed by atoms with Crippen molar-refractivity contribution in [1.29, 1.82) is 0 Å². The fraction of sp³-hybridized carbons (Fsp3) is 0. The Bertz CT molecular complexity index is 772. The van der Waals surface area contributed by atoms with Crippen LogP contribution in [0.1, 0.15) is 10.4 Å². The second-order valence-corrected chi connectivity index (χ2v) is 4.69. The molecule has 4 heteroatoms. The van der Waals surface area contributed by atoms with Gasteiger partial charge in [-0.3, -0.25) is 4.79 Å². The maximum absolute atomic E-state index is 12.3. The van der Waals surface area contributed by atoms with Crippen LogP contribution in [-0.4, -0.2) is 10.9 Å². The van der Waals surface area contributed by atoms with Gasteiger partial charge >= 0.3 is 0 Å². The van der Waals surface area contributed by atoms with E-state index in [0.717, 1.165) is 16.5 Å². The second-order valence-electron chi connectivity index (χ2n) is 4.33. The average Bonchev–Trinajstić information content (AvgIpc) is 2.49. The lowest BCUT2D eigenvalue weighted by Gasteiger charge is -2.08. The maximum Gasteiger partial charge on any atom is 0.257 e. The molecule has 3 aromatic rings. The van der Waals surface area contributed by atoms with E-state index < -0.39 is 0 Å². The summed E-state index contributed by atoms with van der Waals surface area (Å²) in [6.45, 7) is 0. The SMILES string of the molecule is O=C(Nc1ccccc1)c1cnc(Cl)c2ccccc12. The van der Waals surface area contributed by atoms with Crippen molar-refractivity contribution in [2.45, 2.75) is 0 Å². The molecule has 0 radical (unpaired) electrons. The summed E-state index contributed by atoms with van der Waals surface area (Å²) >= 11 is 6.05. The highest BCUT2D eigenvalue weighted by atomic mass is 35.5. The number of pyridine rings is 1. The summed E-state index contributed by atoms with van der Waals surface area (Å²) in [5.74, 6) is -0.198. The summed E-state index contributed by atoms with van der Waals surface area (Å²) in [5.41, 5.74) is 1.25. The van der Waals surface area contributed by atoms with Crippen LogP contribution in [0, 0.1) is 0 Å². The zero-order valence-corrected chi connectivity index (χ0v) is 11.3. The minimum atomic E-state index is -0.198. The topological polar surface area (TPSA) is 42.0 Å². The minimum absolute atomic E-state index is 0.198. The first-order valence-corrected chi connectivity index (χ1v) is 6.53. The molecule has 0 aliphatic heterocycles. The molecule has 0 aliphatic rings. The number of carbonyl (C=O) groups excluding carboxylic acids is 1. The van der Waals surface area contributed by atoms with Crippen LogP contribution < -0.4 is 5.32 Å². The van der Waals surface area contributed by atoms with E-state index in [4.69, 9.17) is 11.6 Å². The molecule has 1 heterocycles. The van der Waals surface area contributed by atoms with Gasteiger partial charge in [-0.25, -0.2) is 4.98 Å². The Labute approximate surface area is 121 Å². The van der Waals surface area contributed by atoms with E-state index in [1.54, 1.807) is 0 Å². The number of amides is 1. The van der Waals surface area contributed by atoms with Crippen LogP contribution in [0.3, 0.4) is 0 Å². The van der Waals surface area contributed by atoms with Gasteiger partial charge in [-0.15, -0.1) is 0 Å². The lowest BCUT2D eigenvalue weighted by molar-refractivity contribution is 0.102. The first kappa shape index (κ1) is 12.6. The van der Waals surface area contributed by atoms with Crippen molar-refractivity contribution in [3.05, 3.63) is 71.5 Å². The number of hydrogen-bond donors (Lipinski definition) is 1. The third-order valence-corrected chi connectivity index (χ3v) is 3.32. The summed E-state index contributed by atoms with van der Waals surface area (Å²) in [5, 5.41) is 4.81. The van der Waals surface area contributed by atoms with Crippen LogP contribution in [-0.2, 0) is 0 Å². The first-order chi connectivity index (χ1) is 9.75. The molecule has 0 saturated heterocycles. The summed E-state index contributed by atoms with van der Waals surface area (Å²) in [6, 6.07) is 16.8. The van der Waals surface area contributed by atoms with E-state index in [1.165, 1.54) is 6.20 Å². The van der Waals surface area contributed by atoms with Gasteiger partial charge in [0.25, 0.3) is 5.91 Å². The van der Waals surface area contributed by atoms with E-state index in [1.807, 2.05) is 54.6 Å². The monoisotopic (exact) mass is 282 g/mol. The molecule has 3 rings (SSSR count). The van der Waals surface area contributed by atoms with Crippen LogP contribution in [0.4, 0.5) is 5.69 Å². The van der Waals surface area contributed by atoms with Crippen molar-refractivity contribution in [2.24, 2.45) is 0 Å². The fourth-order valence-corrected chi connectivity index (χ4v) is 2.27. The number of halogens is 1. The van der Waals surface area contributed by atoms with Crippen molar-refractivity contribution in [1.82, 2.24) is 4.98 Å². The number of nitrogens with zero attached hydrogens (tertiary/aromatic N) is 1. The van der Waals surface area contributed by atoms with Crippen LogP contribution >= 0.6 is 11.6 Å². The number of carbonyl (C=O) groups is 1. The van der Waals surface area contributed by atoms with Crippen molar-refractivity contribution < 1.29 is 4.79 Å². The van der Waals surface area contributed by atoms with Gasteiger partial charge in [0.05, 0.1) is 5.56 Å². The third kappa shape index (κ3) is 2.36. The molecule has 0 atom stereocenters. The Balaban J connectivity index is 2.02. The zero-order chi connectivity index (χ0) is 13.9. The molecule has 1 N–H and O–H groups in total. The summed E-state index contributed by atoms with van der Waals surface area (Å²) in [6.07, 6.45) is 1.50. The van der Waals surface area contributed by atoms with E-state index >= 15 is 0 Å². The lowest BCUT2D eigenvalue weighted by Crippen LogP contribution is -2.12. The fourth-order valence-electron chi connectivity index (χ4n) is 2.06. The molecular weight excluding hydrogens is 272 g/mol. The van der Waals surface area contributed by atoms with E-state index in [2.05, 4.69) is 10.3 Å². The molecule has 0 aliphatic carbocycles. The number of fused-ring (bicyclic) bond motifs is 1. The van der Waals surface area contributed by atoms with Crippen LogP contribution in [0.2, 0.25) is 5.15 Å². The van der Waals surface area contributed by atoms with Gasteiger partial charge in [0, 0.05) is 17.3 Å². The van der Waals surface area contributed by atoms with Crippen molar-refractivity contribution in [2.75, 3.05) is 5.32 Å². The van der Waals surface area contributed by atoms with Gasteiger partial charge in [0.1, 0.15) is 5.15 Å². The van der Waals surface area contributed by atoms with Gasteiger partial charge in [-0.05, 0) is 17.5 Å². The molecular formula is C16H11ClN2O. The maximum atomic E-state index is 12.3. The highest BCUT2D eigenvalue weighted by Crippen LogP contribution is 2.24. The second kappa shape index (κ2) is 5.31. The van der Waals surface area contributed by atoms with Crippen molar-refractivity contribution >= 4 is 34.0 Å². The van der Waals surface area contributed by atoms with Crippen LogP contribution in [0.5, 0.6) is 0 Å². The molecule has 0 bridgehead atoms. The molecule has 20 heavy (non-hydrogen) atoms. The number of para-hydroxylation sites is 1. The Morgan fingerprint density at radius 3 is 2.35 bits per heavy atom. The lowest BCUT2D eigenvalue weighted by atomic mass is 10.1. The predicted molar refractivity (Wildman–Crippen MR) is 81.1 cm³/mol. The standard InChI is InChI=1S/C16H11ClN2O/c17-15-13-9-5-4-8-12(13)14(10-18-15)16(20)19-11-6-2-1-3-7-11/h1-10H,(H,19,20). The molecule has 1 amide bonds. The quantitative estimate of drug-likeness (QED) is 0.718. The Kier molecular flexibility index (Phi) is 3.35. The summed E-state index contributed by atoms with van der Waals surface area (Å²) in [4.78, 5) is 16.4. The van der Waals surface area contributed by atoms with Crippen LogP contribution in [0.15, 0.2) is 60.8 Å². The molecule has 0 fully saturated rings. The molecule has 3 nitrogen and oxygen atoms in total. The van der Waals surface area contributed by atoms with E-state index in [-0.39, 0.29) is 5.91 Å². The number of benzene rings is 2.